The SMILES string of the molecule is O=C(CNC(=O)CC1=CCN(c2ccccc2)CC1)Cc1ccccc1. The molecular weight excluding hydrogens is 324 g/mol. The summed E-state index contributed by atoms with van der Waals surface area (Å²) in [6, 6.07) is 19.9. The Bertz CT molecular complexity index is 769. The van der Waals surface area contributed by atoms with Crippen LogP contribution in [0.2, 0.25) is 0 Å². The number of para-hydroxylation sites is 1. The van der Waals surface area contributed by atoms with Crippen LogP contribution < -0.4 is 10.2 Å². The molecule has 2 aromatic carbocycles. The van der Waals surface area contributed by atoms with E-state index in [1.54, 1.807) is 0 Å². The largest absolute Gasteiger partial charge is 0.367 e. The first kappa shape index (κ1) is 17.9. The molecule has 1 amide bonds. The number of carbonyl (C=O) groups is 2. The number of Topliss-reactive ketones (excluding diaryl/α,β-unsaturated/α-hetero) is 1. The van der Waals surface area contributed by atoms with E-state index in [1.807, 2.05) is 48.5 Å². The third kappa shape index (κ3) is 5.31. The Morgan fingerprint density at radius 3 is 2.27 bits per heavy atom. The van der Waals surface area contributed by atoms with Crippen molar-refractivity contribution in [1.82, 2.24) is 5.32 Å². The van der Waals surface area contributed by atoms with E-state index in [-0.39, 0.29) is 18.2 Å². The van der Waals surface area contributed by atoms with Crippen LogP contribution in [0, 0.1) is 0 Å². The van der Waals surface area contributed by atoms with Crippen LogP contribution in [0.15, 0.2) is 72.3 Å². The molecule has 0 unspecified atom stereocenters. The number of anilines is 1. The average Bonchev–Trinajstić information content (AvgIpc) is 2.68. The van der Waals surface area contributed by atoms with Crippen molar-refractivity contribution in [2.24, 2.45) is 0 Å². The van der Waals surface area contributed by atoms with Gasteiger partial charge in [-0.2, -0.15) is 0 Å². The molecule has 0 saturated carbocycles. The minimum Gasteiger partial charge on any atom is -0.367 e. The number of hydrogen-bond acceptors (Lipinski definition) is 3. The van der Waals surface area contributed by atoms with E-state index in [2.05, 4.69) is 28.4 Å². The number of rotatable bonds is 7. The van der Waals surface area contributed by atoms with Gasteiger partial charge in [0.1, 0.15) is 0 Å². The number of amides is 1. The van der Waals surface area contributed by atoms with Crippen molar-refractivity contribution in [2.75, 3.05) is 24.5 Å². The molecule has 4 nitrogen and oxygen atoms in total. The van der Waals surface area contributed by atoms with Crippen LogP contribution in [0.3, 0.4) is 0 Å². The van der Waals surface area contributed by atoms with Crippen LogP contribution in [0.5, 0.6) is 0 Å². The van der Waals surface area contributed by atoms with Gasteiger partial charge < -0.3 is 10.2 Å². The first-order valence-corrected chi connectivity index (χ1v) is 9.01. The highest BCUT2D eigenvalue weighted by molar-refractivity contribution is 5.88. The lowest BCUT2D eigenvalue weighted by Crippen LogP contribution is -2.32. The van der Waals surface area contributed by atoms with Crippen LogP contribution in [-0.4, -0.2) is 31.3 Å². The second kappa shape index (κ2) is 8.99. The molecule has 1 heterocycles. The number of hydrogen-bond donors (Lipinski definition) is 1. The van der Waals surface area contributed by atoms with E-state index in [0.29, 0.717) is 12.8 Å². The van der Waals surface area contributed by atoms with Crippen LogP contribution >= 0.6 is 0 Å². The van der Waals surface area contributed by atoms with E-state index in [0.717, 1.165) is 30.6 Å². The lowest BCUT2D eigenvalue weighted by Gasteiger charge is -2.28. The highest BCUT2D eigenvalue weighted by Crippen LogP contribution is 2.20. The summed E-state index contributed by atoms with van der Waals surface area (Å²) < 4.78 is 0. The predicted octanol–water partition coefficient (Wildman–Crippen LogP) is 3.14. The highest BCUT2D eigenvalue weighted by Gasteiger charge is 2.15. The van der Waals surface area contributed by atoms with Crippen molar-refractivity contribution in [3.05, 3.63) is 77.9 Å². The molecule has 0 atom stereocenters. The number of nitrogens with one attached hydrogen (secondary N) is 1. The molecule has 0 fully saturated rings. The molecule has 2 aromatic rings. The molecule has 0 aromatic heterocycles. The van der Waals surface area contributed by atoms with Gasteiger partial charge in [0, 0.05) is 31.6 Å². The third-order valence-corrected chi connectivity index (χ3v) is 4.54. The van der Waals surface area contributed by atoms with E-state index >= 15 is 0 Å². The monoisotopic (exact) mass is 348 g/mol. The lowest BCUT2D eigenvalue weighted by molar-refractivity contribution is -0.124. The summed E-state index contributed by atoms with van der Waals surface area (Å²) in [5.41, 5.74) is 3.33. The summed E-state index contributed by atoms with van der Waals surface area (Å²) in [6.45, 7) is 1.83. The second-order valence-electron chi connectivity index (χ2n) is 6.55. The maximum absolute atomic E-state index is 12.1. The smallest absolute Gasteiger partial charge is 0.224 e. The van der Waals surface area contributed by atoms with Gasteiger partial charge in [-0.1, -0.05) is 60.2 Å². The topological polar surface area (TPSA) is 49.4 Å². The normalized spacial score (nSPS) is 13.8. The highest BCUT2D eigenvalue weighted by atomic mass is 16.2. The molecular formula is C22H24N2O2. The van der Waals surface area contributed by atoms with Gasteiger partial charge in [-0.25, -0.2) is 0 Å². The number of ketones is 1. The Hall–Kier alpha value is -2.88. The standard InChI is InChI=1S/C22H24N2O2/c25-21(15-18-7-3-1-4-8-18)17-23-22(26)16-19-11-13-24(14-12-19)20-9-5-2-6-10-20/h1-11H,12-17H2,(H,23,26). The van der Waals surface area contributed by atoms with E-state index in [9.17, 15) is 9.59 Å². The first-order chi connectivity index (χ1) is 12.7. The maximum Gasteiger partial charge on any atom is 0.224 e. The molecule has 0 saturated heterocycles. The molecule has 0 radical (unpaired) electrons. The molecule has 1 aliphatic heterocycles. The molecule has 0 aliphatic carbocycles. The van der Waals surface area contributed by atoms with Gasteiger partial charge in [-0.3, -0.25) is 9.59 Å². The first-order valence-electron chi connectivity index (χ1n) is 9.01. The van der Waals surface area contributed by atoms with Crippen LogP contribution in [0.25, 0.3) is 0 Å². The van der Waals surface area contributed by atoms with Gasteiger partial charge in [0.15, 0.2) is 5.78 Å². The molecule has 1 aliphatic rings. The van der Waals surface area contributed by atoms with E-state index in [1.165, 1.54) is 5.69 Å². The zero-order valence-electron chi connectivity index (χ0n) is 14.9. The maximum atomic E-state index is 12.1. The number of benzene rings is 2. The second-order valence-corrected chi connectivity index (χ2v) is 6.55. The summed E-state index contributed by atoms with van der Waals surface area (Å²) in [4.78, 5) is 26.4. The molecule has 26 heavy (non-hydrogen) atoms. The Kier molecular flexibility index (Phi) is 6.20. The summed E-state index contributed by atoms with van der Waals surface area (Å²) in [6.07, 6.45) is 3.74. The summed E-state index contributed by atoms with van der Waals surface area (Å²) in [5, 5.41) is 2.75. The van der Waals surface area contributed by atoms with Crippen LogP contribution in [0.1, 0.15) is 18.4 Å². The zero-order valence-corrected chi connectivity index (χ0v) is 14.9. The summed E-state index contributed by atoms with van der Waals surface area (Å²) in [7, 11) is 0. The Morgan fingerprint density at radius 2 is 1.62 bits per heavy atom. The fourth-order valence-corrected chi connectivity index (χ4v) is 3.10. The minimum absolute atomic E-state index is 0.0254. The Morgan fingerprint density at radius 1 is 0.923 bits per heavy atom. The molecule has 134 valence electrons. The fraction of sp³-hybridized carbons (Fsp3) is 0.273. The number of carbonyl (C=O) groups excluding carboxylic acids is 2. The molecule has 4 heteroatoms. The molecule has 0 bridgehead atoms. The minimum atomic E-state index is -0.0779. The van der Waals surface area contributed by atoms with Crippen molar-refractivity contribution in [1.29, 1.82) is 0 Å². The zero-order chi connectivity index (χ0) is 18.2. The van der Waals surface area contributed by atoms with E-state index in [4.69, 9.17) is 0 Å². The fourth-order valence-electron chi connectivity index (χ4n) is 3.10. The van der Waals surface area contributed by atoms with Gasteiger partial charge in [-0.05, 0) is 24.1 Å². The molecule has 0 spiro atoms. The molecule has 1 N–H and O–H groups in total. The van der Waals surface area contributed by atoms with Gasteiger partial charge in [0.25, 0.3) is 0 Å². The predicted molar refractivity (Wildman–Crippen MR) is 104 cm³/mol. The Labute approximate surface area is 154 Å². The Balaban J connectivity index is 1.41. The number of nitrogens with zero attached hydrogens (tertiary/aromatic N) is 1. The summed E-state index contributed by atoms with van der Waals surface area (Å²) in [5.74, 6) is -0.0525. The third-order valence-electron chi connectivity index (χ3n) is 4.54. The van der Waals surface area contributed by atoms with Crippen molar-refractivity contribution < 1.29 is 9.59 Å². The quantitative estimate of drug-likeness (QED) is 0.782. The van der Waals surface area contributed by atoms with Gasteiger partial charge >= 0.3 is 0 Å². The van der Waals surface area contributed by atoms with E-state index < -0.39 is 0 Å². The van der Waals surface area contributed by atoms with Crippen LogP contribution in [-0.2, 0) is 16.0 Å². The average molecular weight is 348 g/mol. The van der Waals surface area contributed by atoms with Crippen LogP contribution in [0.4, 0.5) is 5.69 Å². The van der Waals surface area contributed by atoms with Crippen molar-refractivity contribution in [3.63, 3.8) is 0 Å². The van der Waals surface area contributed by atoms with Gasteiger partial charge in [0.05, 0.1) is 6.54 Å². The lowest BCUT2D eigenvalue weighted by atomic mass is 10.0. The van der Waals surface area contributed by atoms with Gasteiger partial charge in [-0.15, -0.1) is 0 Å². The van der Waals surface area contributed by atoms with Crippen molar-refractivity contribution >= 4 is 17.4 Å². The molecule has 3 rings (SSSR count). The van der Waals surface area contributed by atoms with Crippen molar-refractivity contribution in [2.45, 2.75) is 19.3 Å². The van der Waals surface area contributed by atoms with Crippen molar-refractivity contribution in [3.8, 4) is 0 Å². The summed E-state index contributed by atoms with van der Waals surface area (Å²) >= 11 is 0. The van der Waals surface area contributed by atoms with Gasteiger partial charge in [0.2, 0.25) is 5.91 Å².